The fourth-order valence-corrected chi connectivity index (χ4v) is 3.16. The van der Waals surface area contributed by atoms with Crippen molar-refractivity contribution < 1.29 is 4.74 Å². The second-order valence-corrected chi connectivity index (χ2v) is 7.29. The van der Waals surface area contributed by atoms with Crippen molar-refractivity contribution in [1.29, 1.82) is 0 Å². The van der Waals surface area contributed by atoms with Gasteiger partial charge in [-0.1, -0.05) is 11.6 Å². The number of nitrogens with zero attached hydrogens (tertiary/aromatic N) is 4. The first-order valence-electron chi connectivity index (χ1n) is 9.16. The van der Waals surface area contributed by atoms with Crippen LogP contribution in [0.4, 0.5) is 0 Å². The van der Waals surface area contributed by atoms with E-state index >= 15 is 0 Å². The van der Waals surface area contributed by atoms with E-state index in [1.807, 2.05) is 84.2 Å². The summed E-state index contributed by atoms with van der Waals surface area (Å²) in [5, 5.41) is 5.55. The number of ether oxygens (including phenoxy) is 1. The normalized spacial score (nSPS) is 11.1. The molecule has 0 saturated carbocycles. The Labute approximate surface area is 169 Å². The number of hydrogen-bond donors (Lipinski definition) is 0. The van der Waals surface area contributed by atoms with Crippen molar-refractivity contribution in [3.63, 3.8) is 0 Å². The minimum Gasteiger partial charge on any atom is -0.491 e. The van der Waals surface area contributed by atoms with Gasteiger partial charge >= 0.3 is 0 Å². The SMILES string of the molecule is CC(C)Oc1ccc(-c2nn(-c3ccc(Cl)cc3)cc2Cn2ccnc2)cc1. The highest BCUT2D eigenvalue weighted by Crippen LogP contribution is 2.27. The lowest BCUT2D eigenvalue weighted by Gasteiger charge is -2.10. The predicted octanol–water partition coefficient (Wildman–Crippen LogP) is 5.22. The van der Waals surface area contributed by atoms with Crippen LogP contribution >= 0.6 is 11.6 Å². The lowest BCUT2D eigenvalue weighted by molar-refractivity contribution is 0.242. The molecule has 0 aliphatic carbocycles. The molecule has 4 rings (SSSR count). The molecule has 0 bridgehead atoms. The van der Waals surface area contributed by atoms with Gasteiger partial charge in [-0.25, -0.2) is 9.67 Å². The van der Waals surface area contributed by atoms with Gasteiger partial charge in [-0.05, 0) is 62.4 Å². The van der Waals surface area contributed by atoms with Gasteiger partial charge in [-0.15, -0.1) is 0 Å². The highest BCUT2D eigenvalue weighted by atomic mass is 35.5. The average molecular weight is 393 g/mol. The molecular weight excluding hydrogens is 372 g/mol. The molecule has 28 heavy (non-hydrogen) atoms. The van der Waals surface area contributed by atoms with Crippen LogP contribution < -0.4 is 4.74 Å². The lowest BCUT2D eigenvalue weighted by atomic mass is 10.1. The monoisotopic (exact) mass is 392 g/mol. The van der Waals surface area contributed by atoms with Gasteiger partial charge in [-0.2, -0.15) is 5.10 Å². The molecule has 2 aromatic heterocycles. The molecule has 6 heteroatoms. The maximum atomic E-state index is 6.03. The summed E-state index contributed by atoms with van der Waals surface area (Å²) in [6.45, 7) is 4.73. The number of aromatic nitrogens is 4. The molecule has 142 valence electrons. The molecule has 0 saturated heterocycles. The molecule has 0 atom stereocenters. The van der Waals surface area contributed by atoms with Crippen LogP contribution in [0.5, 0.6) is 5.75 Å². The van der Waals surface area contributed by atoms with Gasteiger partial charge in [0.05, 0.1) is 30.4 Å². The van der Waals surface area contributed by atoms with Gasteiger partial charge in [0, 0.05) is 34.7 Å². The van der Waals surface area contributed by atoms with E-state index in [2.05, 4.69) is 11.2 Å². The first kappa shape index (κ1) is 18.3. The van der Waals surface area contributed by atoms with Crippen LogP contribution in [-0.4, -0.2) is 25.4 Å². The Morgan fingerprint density at radius 3 is 2.43 bits per heavy atom. The number of hydrogen-bond acceptors (Lipinski definition) is 3. The van der Waals surface area contributed by atoms with Gasteiger partial charge in [0.1, 0.15) is 5.75 Å². The van der Waals surface area contributed by atoms with E-state index in [1.54, 1.807) is 6.20 Å². The van der Waals surface area contributed by atoms with Gasteiger partial charge < -0.3 is 9.30 Å². The Morgan fingerprint density at radius 1 is 1.04 bits per heavy atom. The van der Waals surface area contributed by atoms with Crippen LogP contribution in [0.25, 0.3) is 16.9 Å². The Balaban J connectivity index is 1.72. The molecule has 0 fully saturated rings. The molecule has 0 unspecified atom stereocenters. The molecule has 0 aliphatic rings. The molecule has 0 aliphatic heterocycles. The van der Waals surface area contributed by atoms with Gasteiger partial charge in [0.25, 0.3) is 0 Å². The largest absolute Gasteiger partial charge is 0.491 e. The van der Waals surface area contributed by atoms with Crippen molar-refractivity contribution in [3.8, 4) is 22.7 Å². The van der Waals surface area contributed by atoms with Crippen LogP contribution in [-0.2, 0) is 6.54 Å². The maximum Gasteiger partial charge on any atom is 0.119 e. The summed E-state index contributed by atoms with van der Waals surface area (Å²) in [7, 11) is 0. The summed E-state index contributed by atoms with van der Waals surface area (Å²) in [6.07, 6.45) is 7.73. The summed E-state index contributed by atoms with van der Waals surface area (Å²) in [6, 6.07) is 15.7. The van der Waals surface area contributed by atoms with E-state index in [9.17, 15) is 0 Å². The summed E-state index contributed by atoms with van der Waals surface area (Å²) in [5.74, 6) is 0.854. The molecule has 2 heterocycles. The van der Waals surface area contributed by atoms with Crippen molar-refractivity contribution >= 4 is 11.6 Å². The van der Waals surface area contributed by atoms with Crippen molar-refractivity contribution in [1.82, 2.24) is 19.3 Å². The third-order valence-electron chi connectivity index (χ3n) is 4.29. The zero-order chi connectivity index (χ0) is 19.5. The zero-order valence-corrected chi connectivity index (χ0v) is 16.5. The van der Waals surface area contributed by atoms with Crippen molar-refractivity contribution in [2.45, 2.75) is 26.5 Å². The van der Waals surface area contributed by atoms with Crippen molar-refractivity contribution in [2.75, 3.05) is 0 Å². The van der Waals surface area contributed by atoms with E-state index in [-0.39, 0.29) is 6.10 Å². The summed E-state index contributed by atoms with van der Waals surface area (Å²) in [5.41, 5.74) is 4.03. The highest BCUT2D eigenvalue weighted by Gasteiger charge is 2.13. The first-order valence-corrected chi connectivity index (χ1v) is 9.53. The molecule has 0 N–H and O–H groups in total. The quantitative estimate of drug-likeness (QED) is 0.451. The minimum atomic E-state index is 0.145. The van der Waals surface area contributed by atoms with Gasteiger partial charge in [0.15, 0.2) is 0 Å². The van der Waals surface area contributed by atoms with Gasteiger partial charge in [0.2, 0.25) is 0 Å². The van der Waals surface area contributed by atoms with Crippen LogP contribution in [0.15, 0.2) is 73.4 Å². The average Bonchev–Trinajstić information content (AvgIpc) is 3.33. The fourth-order valence-electron chi connectivity index (χ4n) is 3.04. The maximum absolute atomic E-state index is 6.03. The minimum absolute atomic E-state index is 0.145. The van der Waals surface area contributed by atoms with Crippen LogP contribution in [0, 0.1) is 0 Å². The first-order chi connectivity index (χ1) is 13.6. The summed E-state index contributed by atoms with van der Waals surface area (Å²) < 4.78 is 9.67. The van der Waals surface area contributed by atoms with Crippen molar-refractivity contribution in [2.24, 2.45) is 0 Å². The van der Waals surface area contributed by atoms with Crippen LogP contribution in [0.1, 0.15) is 19.4 Å². The van der Waals surface area contributed by atoms with E-state index in [0.717, 1.165) is 28.3 Å². The van der Waals surface area contributed by atoms with E-state index < -0.39 is 0 Å². The van der Waals surface area contributed by atoms with Gasteiger partial charge in [-0.3, -0.25) is 0 Å². The highest BCUT2D eigenvalue weighted by molar-refractivity contribution is 6.30. The van der Waals surface area contributed by atoms with Crippen LogP contribution in [0.3, 0.4) is 0 Å². The predicted molar refractivity (Wildman–Crippen MR) is 111 cm³/mol. The van der Waals surface area contributed by atoms with E-state index in [1.165, 1.54) is 0 Å². The number of rotatable bonds is 6. The summed E-state index contributed by atoms with van der Waals surface area (Å²) >= 11 is 6.03. The Kier molecular flexibility index (Phi) is 5.17. The fraction of sp³-hybridized carbons (Fsp3) is 0.182. The molecule has 2 aromatic carbocycles. The lowest BCUT2D eigenvalue weighted by Crippen LogP contribution is -2.05. The molecule has 5 nitrogen and oxygen atoms in total. The Hall–Kier alpha value is -3.05. The number of benzene rings is 2. The second-order valence-electron chi connectivity index (χ2n) is 6.85. The Bertz CT molecular complexity index is 1040. The number of halogens is 1. The molecule has 0 amide bonds. The molecule has 4 aromatic rings. The van der Waals surface area contributed by atoms with Crippen LogP contribution in [0.2, 0.25) is 5.02 Å². The molecule has 0 spiro atoms. The summed E-state index contributed by atoms with van der Waals surface area (Å²) in [4.78, 5) is 4.14. The third-order valence-corrected chi connectivity index (χ3v) is 4.54. The third kappa shape index (κ3) is 4.10. The zero-order valence-electron chi connectivity index (χ0n) is 15.8. The molecule has 0 radical (unpaired) electrons. The second kappa shape index (κ2) is 7.90. The number of imidazole rings is 1. The van der Waals surface area contributed by atoms with Crippen molar-refractivity contribution in [3.05, 3.63) is 84.0 Å². The standard InChI is InChI=1S/C22H21ClN4O/c1-16(2)28-21-9-3-17(4-10-21)22-18(13-26-12-11-24-15-26)14-27(25-22)20-7-5-19(23)6-8-20/h3-12,14-16H,13H2,1-2H3. The topological polar surface area (TPSA) is 44.9 Å². The Morgan fingerprint density at radius 2 is 1.79 bits per heavy atom. The van der Waals surface area contributed by atoms with E-state index in [4.69, 9.17) is 21.4 Å². The molecular formula is C22H21ClN4O. The smallest absolute Gasteiger partial charge is 0.119 e. The van der Waals surface area contributed by atoms with E-state index in [0.29, 0.717) is 11.6 Å².